The van der Waals surface area contributed by atoms with Crippen LogP contribution in [-0.4, -0.2) is 67.8 Å². The lowest BCUT2D eigenvalue weighted by Crippen LogP contribution is -2.60. The molecule has 1 unspecified atom stereocenters. The van der Waals surface area contributed by atoms with Gasteiger partial charge in [0.15, 0.2) is 24.6 Å². The van der Waals surface area contributed by atoms with Crippen molar-refractivity contribution in [2.45, 2.75) is 71.3 Å². The summed E-state index contributed by atoms with van der Waals surface area (Å²) in [6.07, 6.45) is -4.86. The highest BCUT2D eigenvalue weighted by atomic mass is 16.9. The van der Waals surface area contributed by atoms with Gasteiger partial charge in [-0.25, -0.2) is 0 Å². The van der Waals surface area contributed by atoms with E-state index in [-0.39, 0.29) is 6.61 Å². The Morgan fingerprint density at radius 2 is 1.58 bits per heavy atom. The molecule has 2 fully saturated rings. The van der Waals surface area contributed by atoms with Gasteiger partial charge >= 0.3 is 17.9 Å². The van der Waals surface area contributed by atoms with Gasteiger partial charge in [0.2, 0.25) is 0 Å². The summed E-state index contributed by atoms with van der Waals surface area (Å²) in [5.74, 6) is -3.18. The summed E-state index contributed by atoms with van der Waals surface area (Å²) in [6, 6.07) is 0. The van der Waals surface area contributed by atoms with Crippen molar-refractivity contribution in [2.75, 3.05) is 13.2 Å². The van der Waals surface area contributed by atoms with Crippen LogP contribution in [0.1, 0.15) is 34.6 Å². The highest BCUT2D eigenvalue weighted by molar-refractivity contribution is 5.67. The van der Waals surface area contributed by atoms with Gasteiger partial charge in [-0.15, -0.1) is 0 Å². The first kappa shape index (κ1) is 20.6. The van der Waals surface area contributed by atoms with Crippen molar-refractivity contribution in [2.24, 2.45) is 0 Å². The van der Waals surface area contributed by atoms with E-state index < -0.39 is 54.6 Å². The third-order valence-corrected chi connectivity index (χ3v) is 3.73. The van der Waals surface area contributed by atoms with Gasteiger partial charge in [-0.2, -0.15) is 0 Å². The molecule has 0 aromatic rings. The average molecular weight is 376 g/mol. The monoisotopic (exact) mass is 376 g/mol. The maximum Gasteiger partial charge on any atom is 0.303 e. The molecule has 10 nitrogen and oxygen atoms in total. The molecule has 6 atom stereocenters. The van der Waals surface area contributed by atoms with Crippen LogP contribution in [0.25, 0.3) is 0 Å². The predicted octanol–water partition coefficient (Wildman–Crippen LogP) is 0.263. The highest BCUT2D eigenvalue weighted by Crippen LogP contribution is 2.39. The van der Waals surface area contributed by atoms with Crippen LogP contribution in [0.2, 0.25) is 0 Å². The summed E-state index contributed by atoms with van der Waals surface area (Å²) in [6.45, 7) is 7.04. The van der Waals surface area contributed by atoms with Gasteiger partial charge in [-0.05, 0) is 6.92 Å². The minimum absolute atomic E-state index is 0.219. The topological polar surface area (TPSA) is 116 Å². The molecule has 0 aliphatic carbocycles. The van der Waals surface area contributed by atoms with E-state index >= 15 is 0 Å². The maximum absolute atomic E-state index is 11.6. The van der Waals surface area contributed by atoms with E-state index in [2.05, 4.69) is 0 Å². The molecule has 2 heterocycles. The van der Waals surface area contributed by atoms with E-state index in [0.29, 0.717) is 6.61 Å². The summed E-state index contributed by atoms with van der Waals surface area (Å²) in [7, 11) is 0. The molecule has 2 saturated heterocycles. The van der Waals surface area contributed by atoms with Crippen molar-refractivity contribution in [3.8, 4) is 0 Å². The van der Waals surface area contributed by atoms with Crippen LogP contribution in [0.5, 0.6) is 0 Å². The van der Waals surface area contributed by atoms with Crippen molar-refractivity contribution in [3.05, 3.63) is 0 Å². The van der Waals surface area contributed by atoms with E-state index in [4.69, 9.17) is 33.2 Å². The molecule has 0 amide bonds. The Kier molecular flexibility index (Phi) is 6.56. The van der Waals surface area contributed by atoms with Crippen molar-refractivity contribution < 1.29 is 47.5 Å². The first-order valence-corrected chi connectivity index (χ1v) is 8.28. The second-order valence-corrected chi connectivity index (χ2v) is 5.99. The van der Waals surface area contributed by atoms with Gasteiger partial charge in [0, 0.05) is 34.3 Å². The average Bonchev–Trinajstić information content (AvgIpc) is 2.83. The molecule has 2 aliphatic heterocycles. The fraction of sp³-hybridized carbons (Fsp3) is 0.812. The normalized spacial score (nSPS) is 36.1. The number of hydrogen-bond donors (Lipinski definition) is 0. The zero-order valence-electron chi connectivity index (χ0n) is 15.4. The molecule has 0 N–H and O–H groups in total. The van der Waals surface area contributed by atoms with Gasteiger partial charge in [0.1, 0.15) is 12.7 Å². The maximum atomic E-state index is 11.6. The molecule has 0 aromatic carbocycles. The van der Waals surface area contributed by atoms with Crippen LogP contribution < -0.4 is 0 Å². The summed E-state index contributed by atoms with van der Waals surface area (Å²) < 4.78 is 38.2. The molecule has 148 valence electrons. The molecule has 2 rings (SSSR count). The Bertz CT molecular complexity index is 549. The molecule has 2 aliphatic rings. The minimum atomic E-state index is -1.42. The molecule has 0 spiro atoms. The standard InChI is InChI=1S/C16H24O10/c1-6-21-16(5)25-14-13(23-10(4)19)12(22-9(3)18)11(7-20-8(2)17)24-15(14)26-16/h11-15H,6-7H2,1-5H3/t11-,12-,13+,14+,15+,16?/m1/s1. The molecule has 0 saturated carbocycles. The summed E-state index contributed by atoms with van der Waals surface area (Å²) in [4.78, 5) is 34.2. The highest BCUT2D eigenvalue weighted by Gasteiger charge is 2.59. The van der Waals surface area contributed by atoms with Gasteiger partial charge in [-0.3, -0.25) is 19.1 Å². The molecule has 0 bridgehead atoms. The summed E-state index contributed by atoms with van der Waals surface area (Å²) >= 11 is 0. The van der Waals surface area contributed by atoms with Crippen LogP contribution in [0.4, 0.5) is 0 Å². The quantitative estimate of drug-likeness (QED) is 0.472. The number of fused-ring (bicyclic) bond motifs is 1. The third-order valence-electron chi connectivity index (χ3n) is 3.73. The van der Waals surface area contributed by atoms with Crippen molar-refractivity contribution >= 4 is 17.9 Å². The van der Waals surface area contributed by atoms with E-state index in [9.17, 15) is 14.4 Å². The number of ether oxygens (including phenoxy) is 7. The van der Waals surface area contributed by atoms with Crippen molar-refractivity contribution in [1.82, 2.24) is 0 Å². The Hall–Kier alpha value is -1.75. The van der Waals surface area contributed by atoms with Crippen LogP contribution in [0, 0.1) is 0 Å². The number of carbonyl (C=O) groups is 3. The lowest BCUT2D eigenvalue weighted by Gasteiger charge is -2.40. The Labute approximate surface area is 150 Å². The molecule has 26 heavy (non-hydrogen) atoms. The molecule has 10 heteroatoms. The first-order valence-electron chi connectivity index (χ1n) is 8.28. The SMILES string of the molecule is CCOC1(C)O[C@@H]2O[C@H](COC(C)=O)[C@@H](OC(C)=O)[C@H](OC(C)=O)[C@@H]2O1. The lowest BCUT2D eigenvalue weighted by atomic mass is 9.98. The number of esters is 3. The fourth-order valence-corrected chi connectivity index (χ4v) is 2.91. The Balaban J connectivity index is 2.29. The summed E-state index contributed by atoms with van der Waals surface area (Å²) in [5, 5.41) is 0. The van der Waals surface area contributed by atoms with Crippen LogP contribution in [0.15, 0.2) is 0 Å². The zero-order valence-corrected chi connectivity index (χ0v) is 15.4. The first-order chi connectivity index (χ1) is 12.1. The number of rotatable bonds is 6. The van der Waals surface area contributed by atoms with Crippen LogP contribution in [0.3, 0.4) is 0 Å². The van der Waals surface area contributed by atoms with Crippen LogP contribution >= 0.6 is 0 Å². The van der Waals surface area contributed by atoms with Crippen molar-refractivity contribution in [1.29, 1.82) is 0 Å². The molecular weight excluding hydrogens is 352 g/mol. The Morgan fingerprint density at radius 3 is 2.12 bits per heavy atom. The largest absolute Gasteiger partial charge is 0.463 e. The molecule has 0 radical (unpaired) electrons. The fourth-order valence-electron chi connectivity index (χ4n) is 2.91. The second kappa shape index (κ2) is 8.30. The molecular formula is C16H24O10. The number of carbonyl (C=O) groups excluding carboxylic acids is 3. The van der Waals surface area contributed by atoms with Crippen molar-refractivity contribution in [3.63, 3.8) is 0 Å². The molecule has 0 aromatic heterocycles. The Morgan fingerprint density at radius 1 is 0.962 bits per heavy atom. The van der Waals surface area contributed by atoms with Gasteiger partial charge in [0.05, 0.1) is 0 Å². The third kappa shape index (κ3) is 4.91. The van der Waals surface area contributed by atoms with Gasteiger partial charge in [0.25, 0.3) is 5.97 Å². The number of hydrogen-bond acceptors (Lipinski definition) is 10. The zero-order chi connectivity index (χ0) is 19.5. The summed E-state index contributed by atoms with van der Waals surface area (Å²) in [5.41, 5.74) is 0. The van der Waals surface area contributed by atoms with E-state index in [1.54, 1.807) is 13.8 Å². The van der Waals surface area contributed by atoms with Gasteiger partial charge < -0.3 is 28.4 Å². The van der Waals surface area contributed by atoms with E-state index in [0.717, 1.165) is 0 Å². The second-order valence-electron chi connectivity index (χ2n) is 5.99. The van der Waals surface area contributed by atoms with Gasteiger partial charge in [-0.1, -0.05) is 0 Å². The lowest BCUT2D eigenvalue weighted by molar-refractivity contribution is -0.342. The predicted molar refractivity (Wildman–Crippen MR) is 82.4 cm³/mol. The van der Waals surface area contributed by atoms with Crippen LogP contribution in [-0.2, 0) is 47.5 Å². The minimum Gasteiger partial charge on any atom is -0.463 e. The van der Waals surface area contributed by atoms with E-state index in [1.807, 2.05) is 0 Å². The van der Waals surface area contributed by atoms with E-state index in [1.165, 1.54) is 20.8 Å². The smallest absolute Gasteiger partial charge is 0.303 e.